The van der Waals surface area contributed by atoms with Gasteiger partial charge in [-0.05, 0) is 0 Å². The molecule has 0 aromatic carbocycles. The summed E-state index contributed by atoms with van der Waals surface area (Å²) in [4.78, 5) is 0. The molecule has 18 heteroatoms. The third kappa shape index (κ3) is 56.3. The van der Waals surface area contributed by atoms with Crippen LogP contribution in [0.1, 0.15) is 0 Å². The first-order valence-corrected chi connectivity index (χ1v) is 37.8. The van der Waals surface area contributed by atoms with Gasteiger partial charge in [0.05, 0.1) is 0 Å². The van der Waals surface area contributed by atoms with Gasteiger partial charge in [0.1, 0.15) is 0 Å². The number of rotatable bonds is 0. The topological polar surface area (TPSA) is 0 Å². The molecule has 0 saturated carbocycles. The van der Waals surface area contributed by atoms with Gasteiger partial charge in [-0.15, -0.1) is 0 Å². The molecular weight excluding hydrogens is 935 g/mol. The van der Waals surface area contributed by atoms with E-state index in [9.17, 15) is 0 Å². The normalized spacial score (nSPS) is 19.5. The summed E-state index contributed by atoms with van der Waals surface area (Å²) < 4.78 is 0. The molecule has 36 heavy (non-hydrogen) atoms. The maximum atomic E-state index is 4.89. The Bertz CT molecular complexity index is 224. The van der Waals surface area contributed by atoms with Crippen LogP contribution in [0.3, 0.4) is 0 Å². The van der Waals surface area contributed by atoms with Gasteiger partial charge < -0.3 is 0 Å². The summed E-state index contributed by atoms with van der Waals surface area (Å²) in [5, 5.41) is 0. The quantitative estimate of drug-likeness (QED) is 0.216. The first-order chi connectivity index (χ1) is 17.7. The second kappa shape index (κ2) is 51.1. The van der Waals surface area contributed by atoms with Crippen LogP contribution >= 0.6 is 166 Å². The molecule has 3 aliphatic heterocycles. The molecule has 0 spiro atoms. The molecule has 3 aliphatic rings. The van der Waals surface area contributed by atoms with Crippen molar-refractivity contribution in [3.05, 3.63) is 0 Å². The summed E-state index contributed by atoms with van der Waals surface area (Å²) >= 11 is 17.2. The van der Waals surface area contributed by atoms with Crippen LogP contribution in [0.25, 0.3) is 0 Å². The van der Waals surface area contributed by atoms with Crippen LogP contribution in [0.15, 0.2) is 0 Å². The molecule has 0 aliphatic carbocycles. The molecule has 0 atom stereocenters. The molecule has 0 aromatic rings. The van der Waals surface area contributed by atoms with Crippen LogP contribution < -0.4 is 0 Å². The Balaban J connectivity index is -0.000000390. The van der Waals surface area contributed by atoms with Crippen molar-refractivity contribution in [1.82, 2.24) is 0 Å². The van der Waals surface area contributed by atoms with E-state index in [-0.39, 0.29) is 0 Å². The Morgan fingerprint density at radius 2 is 0.278 bits per heavy atom. The predicted octanol–water partition coefficient (Wildman–Crippen LogP) is 9.59. The van der Waals surface area contributed by atoms with Crippen molar-refractivity contribution < 1.29 is 0 Å². The third-order valence-electron chi connectivity index (χ3n) is 3.35. The molecule has 3 saturated heterocycles. The fourth-order valence-electron chi connectivity index (χ4n) is 1.98. The molecule has 0 bridgehead atoms. The van der Waals surface area contributed by atoms with Crippen LogP contribution in [-0.2, 0) is 0 Å². The van der Waals surface area contributed by atoms with E-state index in [1.165, 1.54) is 104 Å². The zero-order valence-electron chi connectivity index (χ0n) is 20.2. The van der Waals surface area contributed by atoms with Crippen LogP contribution in [-0.4, -0.2) is 144 Å². The van der Waals surface area contributed by atoms with E-state index in [0.717, 1.165) is 0 Å². The fourth-order valence-corrected chi connectivity index (χ4v) is 12.3. The number of halogens is 6. The Hall–Kier alpha value is 6.52. The molecule has 0 N–H and O–H groups in total. The van der Waals surface area contributed by atoms with Crippen molar-refractivity contribution in [2.45, 2.75) is 0 Å². The van der Waals surface area contributed by atoms with Gasteiger partial charge in [-0.3, -0.25) is 0 Å². The standard InChI is InChI=1S/3C6H12S3.3Cl2Ge/c3*1-2-8-5-6-9-4-3-7-1;3*1-3-2/h3*1-6H2;;;. The van der Waals surface area contributed by atoms with Gasteiger partial charge >= 0.3 is 101 Å². The van der Waals surface area contributed by atoms with E-state index in [1.54, 1.807) is 0 Å². The number of hydrogen-bond donors (Lipinski definition) is 0. The van der Waals surface area contributed by atoms with Gasteiger partial charge in [-0.1, -0.05) is 0 Å². The molecule has 0 unspecified atom stereocenters. The number of thioether (sulfide) groups is 9. The Morgan fingerprint density at radius 1 is 0.222 bits per heavy atom. The maximum absolute atomic E-state index is 4.89. The fraction of sp³-hybridized carbons (Fsp3) is 1.00. The van der Waals surface area contributed by atoms with Crippen molar-refractivity contribution in [2.24, 2.45) is 0 Å². The minimum absolute atomic E-state index is 0.556. The van der Waals surface area contributed by atoms with Crippen LogP contribution in [0.5, 0.6) is 0 Å². The summed E-state index contributed by atoms with van der Waals surface area (Å²) in [7, 11) is 29.3. The molecule has 216 valence electrons. The zero-order valence-corrected chi connectivity index (χ0v) is 38.3. The molecule has 0 nitrogen and oxygen atoms in total. The predicted molar refractivity (Wildman–Crippen MR) is 208 cm³/mol. The van der Waals surface area contributed by atoms with E-state index in [0.29, 0.717) is 0 Å². The van der Waals surface area contributed by atoms with E-state index < -0.39 is 40.7 Å². The van der Waals surface area contributed by atoms with Gasteiger partial charge in [0.25, 0.3) is 0 Å². The Labute approximate surface area is 305 Å². The average molecular weight is 972 g/mol. The molecule has 6 radical (unpaired) electrons. The van der Waals surface area contributed by atoms with Crippen LogP contribution in [0.2, 0.25) is 0 Å². The molecule has 3 heterocycles. The van der Waals surface area contributed by atoms with Crippen molar-refractivity contribution in [3.8, 4) is 0 Å². The van der Waals surface area contributed by atoms with Gasteiger partial charge in [0.2, 0.25) is 0 Å². The van der Waals surface area contributed by atoms with Crippen LogP contribution in [0.4, 0.5) is 0 Å². The molecule has 0 amide bonds. The zero-order chi connectivity index (χ0) is 27.2. The SMILES string of the molecule is C1CSCCSCCS1.C1CSCCSCCS1.C1CSCCSCCS1.[Cl][Ge][Cl].[Cl][Ge][Cl].[Cl][Ge][Cl]. The minimum atomic E-state index is -0.556. The Kier molecular flexibility index (Phi) is 66.6. The molecule has 3 fully saturated rings. The summed E-state index contributed by atoms with van der Waals surface area (Å²) in [5.74, 6) is 24.6. The van der Waals surface area contributed by atoms with Gasteiger partial charge in [-0.2, -0.15) is 106 Å². The number of hydrogen-bond acceptors (Lipinski definition) is 9. The first kappa shape index (κ1) is 46.9. The van der Waals surface area contributed by atoms with E-state index in [1.807, 2.05) is 0 Å². The summed E-state index contributed by atoms with van der Waals surface area (Å²) in [6.07, 6.45) is 0. The van der Waals surface area contributed by atoms with E-state index in [4.69, 9.17) is 60.1 Å². The third-order valence-corrected chi connectivity index (χ3v) is 14.5. The molecular formula is C18H36Cl6Ge3S9. The van der Waals surface area contributed by atoms with Crippen LogP contribution in [0, 0.1) is 0 Å². The Morgan fingerprint density at radius 3 is 0.333 bits per heavy atom. The van der Waals surface area contributed by atoms with Gasteiger partial charge in [-0.25, -0.2) is 0 Å². The second-order valence-electron chi connectivity index (χ2n) is 5.73. The summed E-state index contributed by atoms with van der Waals surface area (Å²) in [6, 6.07) is 0. The van der Waals surface area contributed by atoms with Gasteiger partial charge in [0, 0.05) is 104 Å². The molecule has 0 aromatic heterocycles. The second-order valence-corrected chi connectivity index (χ2v) is 26.6. The molecule has 3 rings (SSSR count). The first-order valence-electron chi connectivity index (χ1n) is 10.8. The summed E-state index contributed by atoms with van der Waals surface area (Å²) in [5.41, 5.74) is 0. The van der Waals surface area contributed by atoms with Crippen molar-refractivity contribution >= 4 is 207 Å². The average Bonchev–Trinajstić information content (AvgIpc) is 3.21. The summed E-state index contributed by atoms with van der Waals surface area (Å²) in [6.45, 7) is 0. The monoisotopic (exact) mass is 972 g/mol. The van der Waals surface area contributed by atoms with E-state index >= 15 is 0 Å². The van der Waals surface area contributed by atoms with E-state index in [2.05, 4.69) is 106 Å². The van der Waals surface area contributed by atoms with Gasteiger partial charge in [0.15, 0.2) is 0 Å². The van der Waals surface area contributed by atoms with Crippen molar-refractivity contribution in [3.63, 3.8) is 0 Å². The van der Waals surface area contributed by atoms with Crippen molar-refractivity contribution in [2.75, 3.05) is 104 Å². The van der Waals surface area contributed by atoms with Crippen molar-refractivity contribution in [1.29, 1.82) is 0 Å².